The zero-order chi connectivity index (χ0) is 23.4. The number of hydrogen-bond donors (Lipinski definition) is 1. The Morgan fingerprint density at radius 1 is 1.09 bits per heavy atom. The molecule has 2 aliphatic heterocycles. The molecule has 1 aliphatic carbocycles. The van der Waals surface area contributed by atoms with Crippen LogP contribution in [0.4, 0.5) is 13.2 Å². The van der Waals surface area contributed by atoms with Crippen LogP contribution in [-0.4, -0.2) is 37.0 Å². The number of nitrogens with one attached hydrogen (secondary N) is 1. The molecule has 33 heavy (non-hydrogen) atoms. The molecule has 2 aromatic carbocycles. The molecule has 1 saturated carbocycles. The molecule has 2 saturated heterocycles. The molecule has 4 nitrogen and oxygen atoms in total. The summed E-state index contributed by atoms with van der Waals surface area (Å²) < 4.78 is 46.0. The second kappa shape index (κ2) is 8.05. The van der Waals surface area contributed by atoms with Gasteiger partial charge in [-0.1, -0.05) is 30.3 Å². The number of nitrogens with zero attached hydrogens (tertiary/aromatic N) is 1. The van der Waals surface area contributed by atoms with Crippen molar-refractivity contribution in [1.29, 1.82) is 0 Å². The number of carbonyl (C=O) groups excluding carboxylic acids is 1. The number of hydrogen-bond acceptors (Lipinski definition) is 3. The molecule has 1 N–H and O–H groups in total. The summed E-state index contributed by atoms with van der Waals surface area (Å²) in [4.78, 5) is 16.2. The number of rotatable bonds is 5. The van der Waals surface area contributed by atoms with Crippen molar-refractivity contribution in [3.05, 3.63) is 64.7 Å². The summed E-state index contributed by atoms with van der Waals surface area (Å²) in [6, 6.07) is 12.7. The number of amides is 1. The van der Waals surface area contributed by atoms with Crippen molar-refractivity contribution in [3.63, 3.8) is 0 Å². The topological polar surface area (TPSA) is 41.6 Å². The molecule has 3 fully saturated rings. The first-order valence-electron chi connectivity index (χ1n) is 11.6. The van der Waals surface area contributed by atoms with E-state index in [9.17, 15) is 18.0 Å². The molecule has 2 bridgehead atoms. The fourth-order valence-corrected chi connectivity index (χ4v) is 5.99. The number of carbonyl (C=O) groups is 1. The molecule has 5 rings (SSSR count). The molecule has 2 aromatic rings. The summed E-state index contributed by atoms with van der Waals surface area (Å²) in [5, 5.41) is 3.34. The first-order chi connectivity index (χ1) is 15.7. The van der Waals surface area contributed by atoms with Gasteiger partial charge in [0.1, 0.15) is 5.75 Å². The van der Waals surface area contributed by atoms with Crippen molar-refractivity contribution >= 4 is 5.91 Å². The third-order valence-electron chi connectivity index (χ3n) is 7.83. The van der Waals surface area contributed by atoms with Gasteiger partial charge in [0.25, 0.3) is 5.91 Å². The predicted molar refractivity (Wildman–Crippen MR) is 119 cm³/mol. The molecule has 176 valence electrons. The second-order valence-corrected chi connectivity index (χ2v) is 9.66. The monoisotopic (exact) mass is 458 g/mol. The van der Waals surface area contributed by atoms with E-state index >= 15 is 0 Å². The quantitative estimate of drug-likeness (QED) is 0.646. The number of alkyl halides is 3. The lowest BCUT2D eigenvalue weighted by atomic mass is 9.76. The zero-order valence-corrected chi connectivity index (χ0v) is 18.9. The van der Waals surface area contributed by atoms with Gasteiger partial charge in [0.05, 0.1) is 23.8 Å². The van der Waals surface area contributed by atoms with Crippen LogP contribution >= 0.6 is 0 Å². The smallest absolute Gasteiger partial charge is 0.416 e. The van der Waals surface area contributed by atoms with Gasteiger partial charge in [0.15, 0.2) is 0 Å². The second-order valence-electron chi connectivity index (χ2n) is 9.66. The number of likely N-dealkylation sites (N-methyl/N-ethyl adjacent to an activating group) is 1. The van der Waals surface area contributed by atoms with Crippen LogP contribution in [0.3, 0.4) is 0 Å². The van der Waals surface area contributed by atoms with Gasteiger partial charge in [-0.05, 0) is 74.8 Å². The van der Waals surface area contributed by atoms with E-state index in [0.717, 1.165) is 56.2 Å². The SMILES string of the molecule is COc1cc(C(F)(F)F)cc(C2CC2)c1C(=O)N[C@@]1(c2ccccc2)CC[C@H]2CC[C@H]1N2C. The van der Waals surface area contributed by atoms with Crippen LogP contribution in [0.1, 0.15) is 71.5 Å². The Kier molecular flexibility index (Phi) is 5.43. The maximum atomic E-state index is 13.9. The van der Waals surface area contributed by atoms with Crippen molar-refractivity contribution in [2.24, 2.45) is 0 Å². The lowest BCUT2D eigenvalue weighted by Gasteiger charge is -2.48. The Hall–Kier alpha value is -2.54. The summed E-state index contributed by atoms with van der Waals surface area (Å²) in [7, 11) is 3.44. The van der Waals surface area contributed by atoms with E-state index in [-0.39, 0.29) is 29.2 Å². The highest BCUT2D eigenvalue weighted by atomic mass is 19.4. The van der Waals surface area contributed by atoms with Gasteiger partial charge in [-0.2, -0.15) is 13.2 Å². The van der Waals surface area contributed by atoms with E-state index < -0.39 is 17.3 Å². The number of piperidine rings is 1. The Morgan fingerprint density at radius 3 is 2.45 bits per heavy atom. The number of fused-ring (bicyclic) bond motifs is 2. The van der Waals surface area contributed by atoms with Crippen LogP contribution in [0.5, 0.6) is 5.75 Å². The van der Waals surface area contributed by atoms with Gasteiger partial charge in [0.2, 0.25) is 0 Å². The molecule has 1 amide bonds. The number of methoxy groups -OCH3 is 1. The standard InChI is InChI=1S/C26H29F3N2O2/c1-31-19-10-11-22(31)25(13-12-19,17-6-4-3-5-7-17)30-24(32)23-20(16-8-9-16)14-18(26(27,28)29)15-21(23)33-2/h3-7,14-16,19,22H,8-13H2,1-2H3,(H,30,32)/t19-,22-,25-/m1/s1. The number of benzene rings is 2. The lowest BCUT2D eigenvalue weighted by molar-refractivity contribution is -0.137. The Morgan fingerprint density at radius 2 is 1.82 bits per heavy atom. The molecule has 0 aromatic heterocycles. The third kappa shape index (κ3) is 3.80. The maximum Gasteiger partial charge on any atom is 0.416 e. The van der Waals surface area contributed by atoms with E-state index in [4.69, 9.17) is 4.74 Å². The van der Waals surface area contributed by atoms with Crippen molar-refractivity contribution < 1.29 is 22.7 Å². The Bertz CT molecular complexity index is 1050. The highest BCUT2D eigenvalue weighted by molar-refractivity contribution is 5.99. The fourth-order valence-electron chi connectivity index (χ4n) is 5.99. The largest absolute Gasteiger partial charge is 0.496 e. The van der Waals surface area contributed by atoms with E-state index in [0.29, 0.717) is 11.6 Å². The molecule has 3 atom stereocenters. The minimum atomic E-state index is -4.50. The van der Waals surface area contributed by atoms with Crippen LogP contribution in [0, 0.1) is 0 Å². The third-order valence-corrected chi connectivity index (χ3v) is 7.83. The molecular weight excluding hydrogens is 429 g/mol. The van der Waals surface area contributed by atoms with Crippen LogP contribution in [0.15, 0.2) is 42.5 Å². The maximum absolute atomic E-state index is 13.9. The normalized spacial score (nSPS) is 27.4. The molecule has 0 radical (unpaired) electrons. The summed E-state index contributed by atoms with van der Waals surface area (Å²) in [5.74, 6) is -0.412. The van der Waals surface area contributed by atoms with Gasteiger partial charge in [-0.3, -0.25) is 9.69 Å². The Labute approximate surface area is 192 Å². The summed E-state index contributed by atoms with van der Waals surface area (Å²) in [5.41, 5.74) is 0.345. The van der Waals surface area contributed by atoms with Crippen molar-refractivity contribution in [3.8, 4) is 5.75 Å². The van der Waals surface area contributed by atoms with Gasteiger partial charge in [-0.25, -0.2) is 0 Å². The first kappa shape index (κ1) is 22.3. The van der Waals surface area contributed by atoms with Crippen LogP contribution in [0.25, 0.3) is 0 Å². The number of ether oxygens (including phenoxy) is 1. The lowest BCUT2D eigenvalue weighted by Crippen LogP contribution is -2.61. The highest BCUT2D eigenvalue weighted by Crippen LogP contribution is 2.49. The van der Waals surface area contributed by atoms with Gasteiger partial charge >= 0.3 is 6.18 Å². The fraction of sp³-hybridized carbons (Fsp3) is 0.500. The van der Waals surface area contributed by atoms with E-state index in [1.54, 1.807) is 0 Å². The minimum absolute atomic E-state index is 0.0131. The minimum Gasteiger partial charge on any atom is -0.496 e. The van der Waals surface area contributed by atoms with E-state index in [2.05, 4.69) is 17.3 Å². The Balaban J connectivity index is 1.59. The summed E-state index contributed by atoms with van der Waals surface area (Å²) in [6.07, 6.45) is 0.871. The van der Waals surface area contributed by atoms with Crippen LogP contribution in [0.2, 0.25) is 0 Å². The van der Waals surface area contributed by atoms with E-state index in [1.807, 2.05) is 30.3 Å². The predicted octanol–water partition coefficient (Wildman–Crippen LogP) is 5.47. The van der Waals surface area contributed by atoms with E-state index in [1.165, 1.54) is 7.11 Å². The average molecular weight is 459 g/mol. The molecule has 7 heteroatoms. The molecule has 0 spiro atoms. The molecule has 2 heterocycles. The molecule has 0 unspecified atom stereocenters. The average Bonchev–Trinajstić information content (AvgIpc) is 3.60. The van der Waals surface area contributed by atoms with Crippen LogP contribution < -0.4 is 10.1 Å². The van der Waals surface area contributed by atoms with Gasteiger partial charge in [0, 0.05) is 12.1 Å². The summed E-state index contributed by atoms with van der Waals surface area (Å²) in [6.45, 7) is 0. The van der Waals surface area contributed by atoms with Gasteiger partial charge in [-0.15, -0.1) is 0 Å². The highest BCUT2D eigenvalue weighted by Gasteiger charge is 2.52. The van der Waals surface area contributed by atoms with Crippen molar-refractivity contribution in [2.45, 2.75) is 68.2 Å². The van der Waals surface area contributed by atoms with Crippen LogP contribution in [-0.2, 0) is 11.7 Å². The summed E-state index contributed by atoms with van der Waals surface area (Å²) >= 11 is 0. The van der Waals surface area contributed by atoms with Gasteiger partial charge < -0.3 is 10.1 Å². The van der Waals surface area contributed by atoms with Crippen molar-refractivity contribution in [2.75, 3.05) is 14.2 Å². The zero-order valence-electron chi connectivity index (χ0n) is 18.9. The van der Waals surface area contributed by atoms with Crippen molar-refractivity contribution in [1.82, 2.24) is 10.2 Å². The first-order valence-corrected chi connectivity index (χ1v) is 11.6. The number of halogens is 3. The molecule has 3 aliphatic rings. The molecular formula is C26H29F3N2O2.